The first-order chi connectivity index (χ1) is 5.77. The highest BCUT2D eigenvalue weighted by molar-refractivity contribution is 9.09. The number of hydrogen-bond donors (Lipinski definition) is 0. The third-order valence-electron chi connectivity index (χ3n) is 1.63. The number of halogens is 2. The first-order valence-corrected chi connectivity index (χ1v) is 5.75. The van der Waals surface area contributed by atoms with E-state index in [4.69, 9.17) is 4.74 Å². The monoisotopic (exact) mass is 295 g/mol. The number of hydrogen-bond acceptors (Lipinski definition) is 2. The second-order valence-corrected chi connectivity index (χ2v) is 4.30. The van der Waals surface area contributed by atoms with Gasteiger partial charge in [-0.05, 0) is 5.57 Å². The van der Waals surface area contributed by atoms with Crippen LogP contribution in [0.4, 0.5) is 0 Å². The summed E-state index contributed by atoms with van der Waals surface area (Å²) in [5.74, 6) is 0. The van der Waals surface area contributed by atoms with Crippen molar-refractivity contribution in [1.29, 1.82) is 0 Å². The highest BCUT2D eigenvalue weighted by Crippen LogP contribution is 2.15. The van der Waals surface area contributed by atoms with Crippen molar-refractivity contribution in [2.45, 2.75) is 4.83 Å². The average Bonchev–Trinajstić information content (AvgIpc) is 2.08. The summed E-state index contributed by atoms with van der Waals surface area (Å²) in [5, 5.41) is 0.845. The van der Waals surface area contributed by atoms with Gasteiger partial charge in [-0.1, -0.05) is 37.9 Å². The Balaban J connectivity index is 2.67. The lowest BCUT2D eigenvalue weighted by Gasteiger charge is -2.15. The number of methoxy groups -OCH3 is 1. The quantitative estimate of drug-likeness (QED) is 0.732. The molecule has 0 radical (unpaired) electrons. The zero-order valence-corrected chi connectivity index (χ0v) is 10.1. The van der Waals surface area contributed by atoms with Crippen molar-refractivity contribution in [2.24, 2.45) is 4.99 Å². The van der Waals surface area contributed by atoms with Crippen molar-refractivity contribution in [3.63, 3.8) is 0 Å². The predicted molar refractivity (Wildman–Crippen MR) is 58.8 cm³/mol. The fourth-order valence-electron chi connectivity index (χ4n) is 1.06. The molecule has 1 unspecified atom stereocenters. The molecule has 0 bridgehead atoms. The minimum atomic E-state index is 0.380. The molecule has 0 spiro atoms. The van der Waals surface area contributed by atoms with Crippen molar-refractivity contribution in [2.75, 3.05) is 25.6 Å². The second-order valence-electron chi connectivity index (χ2n) is 2.56. The van der Waals surface area contributed by atoms with Crippen LogP contribution in [-0.4, -0.2) is 36.1 Å². The molecule has 0 aromatic heterocycles. The van der Waals surface area contributed by atoms with Gasteiger partial charge in [0.1, 0.15) is 0 Å². The van der Waals surface area contributed by atoms with E-state index >= 15 is 0 Å². The summed E-state index contributed by atoms with van der Waals surface area (Å²) in [5.41, 5.74) is 2.29. The van der Waals surface area contributed by atoms with Crippen molar-refractivity contribution in [1.82, 2.24) is 0 Å². The molecule has 0 fully saturated rings. The zero-order chi connectivity index (χ0) is 8.97. The fourth-order valence-corrected chi connectivity index (χ4v) is 2.04. The van der Waals surface area contributed by atoms with E-state index in [1.165, 1.54) is 5.57 Å². The lowest BCUT2D eigenvalue weighted by Crippen LogP contribution is -2.19. The van der Waals surface area contributed by atoms with Gasteiger partial charge in [0.15, 0.2) is 0 Å². The van der Waals surface area contributed by atoms with Gasteiger partial charge in [-0.25, -0.2) is 0 Å². The Morgan fingerprint density at radius 2 is 2.50 bits per heavy atom. The number of rotatable bonds is 3. The Labute approximate surface area is 89.3 Å². The molecule has 0 N–H and O–H groups in total. The van der Waals surface area contributed by atoms with E-state index in [0.29, 0.717) is 11.4 Å². The molecule has 12 heavy (non-hydrogen) atoms. The standard InChI is InChI=1S/C8H11Br2NO/c1-12-5-8-6(3-9)2-7(10)4-11-8/h2,7H,3-5H2,1H3. The van der Waals surface area contributed by atoms with Crippen LogP contribution in [0.5, 0.6) is 0 Å². The number of alkyl halides is 2. The van der Waals surface area contributed by atoms with Crippen LogP contribution >= 0.6 is 31.9 Å². The summed E-state index contributed by atoms with van der Waals surface area (Å²) >= 11 is 6.93. The average molecular weight is 297 g/mol. The maximum atomic E-state index is 5.04. The van der Waals surface area contributed by atoms with Gasteiger partial charge in [0, 0.05) is 12.4 Å². The maximum absolute atomic E-state index is 5.04. The second kappa shape index (κ2) is 5.14. The van der Waals surface area contributed by atoms with Crippen LogP contribution in [0.1, 0.15) is 0 Å². The maximum Gasteiger partial charge on any atom is 0.0882 e. The normalized spacial score (nSPS) is 23.4. The number of aliphatic imine (C=N–C) groups is 1. The van der Waals surface area contributed by atoms with Gasteiger partial charge in [0.25, 0.3) is 0 Å². The van der Waals surface area contributed by atoms with Gasteiger partial charge >= 0.3 is 0 Å². The predicted octanol–water partition coefficient (Wildman–Crippen LogP) is 2.17. The van der Waals surface area contributed by atoms with E-state index in [2.05, 4.69) is 42.9 Å². The van der Waals surface area contributed by atoms with E-state index in [1.54, 1.807) is 7.11 Å². The van der Waals surface area contributed by atoms with Crippen LogP contribution in [0.15, 0.2) is 16.6 Å². The molecule has 0 aliphatic carbocycles. The molecule has 2 nitrogen and oxygen atoms in total. The molecule has 0 saturated carbocycles. The fraction of sp³-hybridized carbons (Fsp3) is 0.625. The summed E-state index contributed by atoms with van der Waals surface area (Å²) in [6, 6.07) is 0. The summed E-state index contributed by atoms with van der Waals surface area (Å²) in [6.07, 6.45) is 2.18. The SMILES string of the molecule is COCC1=NCC(Br)C=C1CBr. The molecule has 68 valence electrons. The third-order valence-corrected chi connectivity index (χ3v) is 2.79. The van der Waals surface area contributed by atoms with Crippen LogP contribution in [0.2, 0.25) is 0 Å². The van der Waals surface area contributed by atoms with Gasteiger partial charge < -0.3 is 4.74 Å². The Bertz CT molecular complexity index is 213. The molecule has 0 saturated heterocycles. The van der Waals surface area contributed by atoms with Crippen molar-refractivity contribution < 1.29 is 4.74 Å². The molecule has 0 amide bonds. The molecule has 0 aromatic carbocycles. The van der Waals surface area contributed by atoms with Crippen molar-refractivity contribution in [3.05, 3.63) is 11.6 Å². The summed E-state index contributed by atoms with van der Waals surface area (Å²) in [7, 11) is 1.69. The Morgan fingerprint density at radius 3 is 3.08 bits per heavy atom. The topological polar surface area (TPSA) is 21.6 Å². The Kier molecular flexibility index (Phi) is 4.46. The van der Waals surface area contributed by atoms with Crippen molar-refractivity contribution >= 4 is 37.6 Å². The van der Waals surface area contributed by atoms with Gasteiger partial charge in [0.05, 0.1) is 23.7 Å². The number of nitrogens with zero attached hydrogens (tertiary/aromatic N) is 1. The molecule has 1 atom stereocenters. The molecule has 4 heteroatoms. The van der Waals surface area contributed by atoms with Crippen LogP contribution in [0, 0.1) is 0 Å². The highest BCUT2D eigenvalue weighted by atomic mass is 79.9. The van der Waals surface area contributed by atoms with E-state index in [-0.39, 0.29) is 0 Å². The molecule has 1 aliphatic rings. The molecule has 0 aromatic rings. The molecular weight excluding hydrogens is 286 g/mol. The van der Waals surface area contributed by atoms with Gasteiger partial charge in [-0.3, -0.25) is 4.99 Å². The molecule has 1 rings (SSSR count). The van der Waals surface area contributed by atoms with E-state index < -0.39 is 0 Å². The van der Waals surface area contributed by atoms with Crippen LogP contribution < -0.4 is 0 Å². The van der Waals surface area contributed by atoms with Gasteiger partial charge in [0.2, 0.25) is 0 Å². The smallest absolute Gasteiger partial charge is 0.0882 e. The first-order valence-electron chi connectivity index (χ1n) is 3.71. The third kappa shape index (κ3) is 2.68. The Hall–Kier alpha value is 0.330. The van der Waals surface area contributed by atoms with Gasteiger partial charge in [-0.15, -0.1) is 0 Å². The van der Waals surface area contributed by atoms with Crippen LogP contribution in [0.25, 0.3) is 0 Å². The van der Waals surface area contributed by atoms with E-state index in [0.717, 1.165) is 17.6 Å². The summed E-state index contributed by atoms with van der Waals surface area (Å²) in [4.78, 5) is 4.78. The number of dihydropyridines is 1. The largest absolute Gasteiger partial charge is 0.378 e. The molecule has 1 heterocycles. The first kappa shape index (κ1) is 10.4. The highest BCUT2D eigenvalue weighted by Gasteiger charge is 2.13. The molecule has 1 aliphatic heterocycles. The van der Waals surface area contributed by atoms with Crippen LogP contribution in [-0.2, 0) is 4.74 Å². The number of ether oxygens (including phenoxy) is 1. The van der Waals surface area contributed by atoms with E-state index in [9.17, 15) is 0 Å². The lowest BCUT2D eigenvalue weighted by molar-refractivity contribution is 0.245. The lowest BCUT2D eigenvalue weighted by atomic mass is 10.1. The Morgan fingerprint density at radius 1 is 1.75 bits per heavy atom. The molecular formula is C8H11Br2NO. The zero-order valence-electron chi connectivity index (χ0n) is 6.89. The van der Waals surface area contributed by atoms with E-state index in [1.807, 2.05) is 0 Å². The van der Waals surface area contributed by atoms with Crippen molar-refractivity contribution in [3.8, 4) is 0 Å². The minimum absolute atomic E-state index is 0.380. The van der Waals surface area contributed by atoms with Crippen LogP contribution in [0.3, 0.4) is 0 Å². The minimum Gasteiger partial charge on any atom is -0.378 e. The van der Waals surface area contributed by atoms with Gasteiger partial charge in [-0.2, -0.15) is 0 Å². The summed E-state index contributed by atoms with van der Waals surface area (Å²) < 4.78 is 5.04. The summed E-state index contributed by atoms with van der Waals surface area (Å²) in [6.45, 7) is 1.42.